The van der Waals surface area contributed by atoms with Crippen molar-refractivity contribution >= 4 is 50.3 Å². The molecule has 0 radical (unpaired) electrons. The molecule has 0 spiro atoms. The smallest absolute Gasteiger partial charge is 0.491 e. The number of ether oxygens (including phenoxy) is 3. The number of phenolic OH excluding ortho intramolecular Hbond substituents is 1. The molecule has 0 saturated heterocycles. The maximum absolute atomic E-state index is 9.54. The summed E-state index contributed by atoms with van der Waals surface area (Å²) in [7, 11) is -3.45. The summed E-state index contributed by atoms with van der Waals surface area (Å²) in [6.07, 6.45) is 0. The van der Waals surface area contributed by atoms with Gasteiger partial charge < -0.3 is 58.0 Å². The van der Waals surface area contributed by atoms with Crippen LogP contribution in [0.3, 0.4) is 0 Å². The lowest BCUT2D eigenvalue weighted by Crippen LogP contribution is -2.27. The van der Waals surface area contributed by atoms with Crippen molar-refractivity contribution in [3.63, 3.8) is 0 Å². The Balaban J connectivity index is 0.000000128. The Morgan fingerprint density at radius 2 is 0.982 bits per heavy atom. The van der Waals surface area contributed by atoms with Gasteiger partial charge in [0.25, 0.3) is 0 Å². The average Bonchev–Trinajstić information content (AvgIpc) is 4.08. The number of nitrogens with one attached hydrogen (secondary N) is 1. The molecule has 9 rings (SSSR count). The fraction of sp³-hybridized carbons (Fsp3) is 0.206. The van der Waals surface area contributed by atoms with Crippen molar-refractivity contribution < 1.29 is 58.0 Å². The molecule has 4 aliphatic rings. The van der Waals surface area contributed by atoms with Gasteiger partial charge >= 0.3 is 41.9 Å². The Bertz CT molecular complexity index is 2120. The topological polar surface area (TPSA) is 229 Å². The second-order valence-corrected chi connectivity index (χ2v) is 12.1. The molecule has 0 aliphatic carbocycles. The van der Waals surface area contributed by atoms with Crippen LogP contribution in [0, 0.1) is 13.1 Å². The van der Waals surface area contributed by atoms with Crippen molar-refractivity contribution in [2.75, 3.05) is 13.5 Å². The Morgan fingerprint density at radius 3 is 1.38 bits per heavy atom. The van der Waals surface area contributed by atoms with Gasteiger partial charge in [0.2, 0.25) is 5.82 Å². The molecule has 0 atom stereocenters. The van der Waals surface area contributed by atoms with Gasteiger partial charge in [0.05, 0.1) is 26.4 Å². The predicted octanol–water partition coefficient (Wildman–Crippen LogP) is -1.07. The van der Waals surface area contributed by atoms with Gasteiger partial charge in [-0.2, -0.15) is 5.21 Å². The fourth-order valence-electron chi connectivity index (χ4n) is 5.66. The van der Waals surface area contributed by atoms with Crippen LogP contribution in [0.15, 0.2) is 72.8 Å². The maximum atomic E-state index is 9.54. The average molecular weight is 760 g/mol. The van der Waals surface area contributed by atoms with Crippen molar-refractivity contribution in [1.82, 2.24) is 20.6 Å². The molecule has 0 bridgehead atoms. The largest absolute Gasteiger partial charge is 0.508 e. The number of aromatic amines is 1. The Kier molecular flexibility index (Phi) is 13.6. The number of aromatic nitrogens is 4. The van der Waals surface area contributed by atoms with E-state index < -0.39 is 28.5 Å². The number of fused-ring (bicyclic) bond motifs is 4. The molecule has 0 fully saturated rings. The highest BCUT2D eigenvalue weighted by Crippen LogP contribution is 2.19. The van der Waals surface area contributed by atoms with Crippen molar-refractivity contribution in [2.45, 2.75) is 33.0 Å². The highest BCUT2D eigenvalue weighted by Gasteiger charge is 2.30. The van der Waals surface area contributed by atoms with Crippen LogP contribution >= 0.6 is 0 Å². The normalized spacial score (nSPS) is 14.0. The number of hydrogen-bond acceptors (Lipinski definition) is 15. The minimum atomic E-state index is -0.864. The summed E-state index contributed by atoms with van der Waals surface area (Å²) < 4.78 is 35.7. The summed E-state index contributed by atoms with van der Waals surface area (Å²) in [5.41, 5.74) is 6.72. The summed E-state index contributed by atoms with van der Waals surface area (Å²) in [6, 6.07) is 20.9. The molecular formula is C34H32B4N6O12. The second kappa shape index (κ2) is 19.1. The third-order valence-corrected chi connectivity index (χ3v) is 8.48. The molecule has 4 aromatic carbocycles. The molecule has 0 unspecified atom stereocenters. The van der Waals surface area contributed by atoms with E-state index >= 15 is 0 Å². The number of nitrogens with zero attached hydrogens (tertiary/aromatic N) is 5. The molecule has 5 aromatic rings. The van der Waals surface area contributed by atoms with E-state index in [1.807, 2.05) is 24.3 Å². The number of H-pyrrole nitrogens is 1. The predicted molar refractivity (Wildman–Crippen MR) is 200 cm³/mol. The number of rotatable bonds is 7. The van der Waals surface area contributed by atoms with Gasteiger partial charge in [-0.25, -0.2) is 13.1 Å². The number of benzene rings is 4. The zero-order valence-corrected chi connectivity index (χ0v) is 29.5. The Hall–Kier alpha value is -5.93. The first-order valence-corrected chi connectivity index (χ1v) is 16.9. The third kappa shape index (κ3) is 10.2. The molecule has 5 heterocycles. The molecule has 1 aromatic heterocycles. The van der Waals surface area contributed by atoms with E-state index in [4.69, 9.17) is 51.1 Å². The van der Waals surface area contributed by atoms with Gasteiger partial charge in [0.15, 0.2) is 6.61 Å². The Labute approximate surface area is 321 Å². The number of aromatic hydroxyl groups is 1. The van der Waals surface area contributed by atoms with Crippen LogP contribution in [0.1, 0.15) is 28.1 Å². The van der Waals surface area contributed by atoms with Gasteiger partial charge in [0, 0.05) is 0 Å². The van der Waals surface area contributed by atoms with Crippen molar-refractivity contribution in [3.8, 4) is 23.0 Å². The molecule has 282 valence electrons. The summed E-state index contributed by atoms with van der Waals surface area (Å²) in [6.45, 7) is 15.1. The quantitative estimate of drug-likeness (QED) is 0.0858. The molecule has 0 amide bonds. The molecule has 4 aliphatic heterocycles. The van der Waals surface area contributed by atoms with Crippen LogP contribution in [0.5, 0.6) is 23.0 Å². The standard InChI is InChI=1S/C9H9BN4O3.2C9H8BNO3.C7H7BO3/c15-10-8-3-7(2-1-6(8)4-17-10)16-5-9-11-13-14-12-9;2*1-11-6-13-8-3-2-7-5-14-10(12)9(7)4-8;9-6-2-1-5-4-11-8(10)7(5)3-6/h1-3,15H,4-5H2,(H,11,12,13,14);2*2-4,12H,5-6H2;1-3,9-10H,4H2. The van der Waals surface area contributed by atoms with Gasteiger partial charge in [-0.05, 0) is 92.6 Å². The van der Waals surface area contributed by atoms with E-state index in [1.165, 1.54) is 6.07 Å². The third-order valence-electron chi connectivity index (χ3n) is 8.48. The number of phenols is 1. The first-order valence-electron chi connectivity index (χ1n) is 16.9. The van der Waals surface area contributed by atoms with Gasteiger partial charge in [-0.15, -0.1) is 10.2 Å². The van der Waals surface area contributed by atoms with E-state index in [2.05, 4.69) is 30.3 Å². The summed E-state index contributed by atoms with van der Waals surface area (Å²) >= 11 is 0. The van der Waals surface area contributed by atoms with Crippen molar-refractivity contribution in [1.29, 1.82) is 0 Å². The van der Waals surface area contributed by atoms with Gasteiger partial charge in [-0.3, -0.25) is 9.69 Å². The molecule has 0 saturated carbocycles. The summed E-state index contributed by atoms with van der Waals surface area (Å²) in [5, 5.41) is 59.9. The van der Waals surface area contributed by atoms with Gasteiger partial charge in [-0.1, -0.05) is 29.5 Å². The summed E-state index contributed by atoms with van der Waals surface area (Å²) in [5.74, 6) is 2.45. The van der Waals surface area contributed by atoms with Crippen LogP contribution in [0.4, 0.5) is 0 Å². The monoisotopic (exact) mass is 760 g/mol. The van der Waals surface area contributed by atoms with Crippen LogP contribution in [-0.4, -0.2) is 87.8 Å². The number of tetrazole rings is 1. The van der Waals surface area contributed by atoms with E-state index in [0.29, 0.717) is 55.0 Å². The zero-order chi connectivity index (χ0) is 39.4. The van der Waals surface area contributed by atoms with Crippen molar-refractivity contribution in [2.24, 2.45) is 0 Å². The molecule has 18 nitrogen and oxygen atoms in total. The lowest BCUT2D eigenvalue weighted by Gasteiger charge is -2.05. The van der Waals surface area contributed by atoms with Crippen LogP contribution < -0.4 is 36.1 Å². The fourth-order valence-corrected chi connectivity index (χ4v) is 5.66. The summed E-state index contributed by atoms with van der Waals surface area (Å²) in [4.78, 5) is 6.16. The number of hydrogen-bond donors (Lipinski definition) is 6. The maximum Gasteiger partial charge on any atom is 0.491 e. The van der Waals surface area contributed by atoms with E-state index in [1.54, 1.807) is 42.5 Å². The SMILES string of the molecule is OB1OCc2ccc(O)cc21.OB1OCc2ccc(OCc3nn[nH]n3)cc21.[C-]#[N+]COc1ccc2c(c1)B(O)OC2.[C-]#[N+]COc1ccc2c(c1)B(O)OC2. The van der Waals surface area contributed by atoms with E-state index in [0.717, 1.165) is 38.6 Å². The van der Waals surface area contributed by atoms with Gasteiger partial charge in [0.1, 0.15) is 23.0 Å². The first kappa shape index (κ1) is 39.8. The molecule has 56 heavy (non-hydrogen) atoms. The van der Waals surface area contributed by atoms with Crippen LogP contribution in [-0.2, 0) is 51.7 Å². The molecule has 6 N–H and O–H groups in total. The van der Waals surface area contributed by atoms with Crippen LogP contribution in [0.2, 0.25) is 0 Å². The highest BCUT2D eigenvalue weighted by molar-refractivity contribution is 6.62. The van der Waals surface area contributed by atoms with E-state index in [9.17, 15) is 20.1 Å². The first-order chi connectivity index (χ1) is 27.2. The Morgan fingerprint density at radius 1 is 0.589 bits per heavy atom. The highest BCUT2D eigenvalue weighted by atomic mass is 16.5. The minimum absolute atomic E-state index is 0.00423. The molecule has 22 heteroatoms. The lowest BCUT2D eigenvalue weighted by molar-refractivity contribution is 0.275. The second-order valence-electron chi connectivity index (χ2n) is 12.1. The zero-order valence-electron chi connectivity index (χ0n) is 29.5. The van der Waals surface area contributed by atoms with Crippen LogP contribution in [0.25, 0.3) is 9.69 Å². The van der Waals surface area contributed by atoms with Crippen molar-refractivity contribution in [3.05, 3.63) is 124 Å². The molecular weight excluding hydrogens is 728 g/mol. The minimum Gasteiger partial charge on any atom is -0.508 e. The lowest BCUT2D eigenvalue weighted by atomic mass is 9.79. The van der Waals surface area contributed by atoms with E-state index in [-0.39, 0.29) is 25.8 Å².